The molecule has 2 heterocycles. The van der Waals surface area contributed by atoms with Gasteiger partial charge in [0.1, 0.15) is 5.69 Å². The zero-order chi connectivity index (χ0) is 19.1. The number of amides is 1. The topological polar surface area (TPSA) is 49.0 Å². The number of hydrogen-bond donors (Lipinski definition) is 1. The zero-order valence-corrected chi connectivity index (χ0v) is 16.3. The van der Waals surface area contributed by atoms with Gasteiger partial charge < -0.3 is 4.90 Å². The van der Waals surface area contributed by atoms with Crippen molar-refractivity contribution in [2.75, 3.05) is 0 Å². The maximum absolute atomic E-state index is 13.4. The minimum atomic E-state index is -0.128. The molecule has 1 unspecified atom stereocenters. The average molecular weight is 392 g/mol. The van der Waals surface area contributed by atoms with Gasteiger partial charge in [0.05, 0.1) is 11.7 Å². The molecule has 1 amide bonds. The summed E-state index contributed by atoms with van der Waals surface area (Å²) >= 11 is 6.14. The molecule has 28 heavy (non-hydrogen) atoms. The highest BCUT2D eigenvalue weighted by molar-refractivity contribution is 6.30. The molecule has 1 aliphatic heterocycles. The fourth-order valence-corrected chi connectivity index (χ4v) is 4.82. The Morgan fingerprint density at radius 3 is 2.39 bits per heavy atom. The summed E-state index contributed by atoms with van der Waals surface area (Å²) in [7, 11) is 0. The Bertz CT molecular complexity index is 990. The first-order valence-corrected chi connectivity index (χ1v) is 10.3. The maximum atomic E-state index is 13.4. The van der Waals surface area contributed by atoms with Gasteiger partial charge >= 0.3 is 0 Å². The maximum Gasteiger partial charge on any atom is 0.273 e. The van der Waals surface area contributed by atoms with E-state index in [1.54, 1.807) is 0 Å². The molecular weight excluding hydrogens is 370 g/mol. The SMILES string of the molecule is O=C1c2[nH]nc(-c3ccccc3)c2C(c2ccc(Cl)cc2)N1C1CCCCC1. The molecule has 0 spiro atoms. The first-order valence-electron chi connectivity index (χ1n) is 9.96. The van der Waals surface area contributed by atoms with Crippen LogP contribution in [0.3, 0.4) is 0 Å². The van der Waals surface area contributed by atoms with Gasteiger partial charge in [-0.05, 0) is 30.5 Å². The number of carbonyl (C=O) groups excluding carboxylic acids is 1. The highest BCUT2D eigenvalue weighted by Gasteiger charge is 2.45. The second kappa shape index (κ2) is 7.10. The zero-order valence-electron chi connectivity index (χ0n) is 15.6. The lowest BCUT2D eigenvalue weighted by molar-refractivity contribution is 0.0606. The third-order valence-electron chi connectivity index (χ3n) is 6.01. The van der Waals surface area contributed by atoms with E-state index < -0.39 is 0 Å². The average Bonchev–Trinajstić information content (AvgIpc) is 3.29. The van der Waals surface area contributed by atoms with Gasteiger partial charge in [0.2, 0.25) is 0 Å². The van der Waals surface area contributed by atoms with Gasteiger partial charge in [0.15, 0.2) is 0 Å². The Kier molecular flexibility index (Phi) is 4.44. The second-order valence-corrected chi connectivity index (χ2v) is 8.12. The van der Waals surface area contributed by atoms with Crippen molar-refractivity contribution >= 4 is 17.5 Å². The first-order chi connectivity index (χ1) is 13.7. The normalized spacial score (nSPS) is 19.8. The number of H-pyrrole nitrogens is 1. The molecule has 5 rings (SSSR count). The third kappa shape index (κ3) is 2.83. The summed E-state index contributed by atoms with van der Waals surface area (Å²) in [6.07, 6.45) is 5.74. The predicted octanol–water partition coefficient (Wildman–Crippen LogP) is 5.61. The number of rotatable bonds is 3. The molecule has 0 bridgehead atoms. The smallest absolute Gasteiger partial charge is 0.273 e. The van der Waals surface area contributed by atoms with Crippen molar-refractivity contribution in [2.45, 2.75) is 44.2 Å². The Morgan fingerprint density at radius 1 is 0.964 bits per heavy atom. The van der Waals surface area contributed by atoms with Crippen LogP contribution >= 0.6 is 11.6 Å². The molecule has 3 aromatic rings. The molecule has 1 N–H and O–H groups in total. The quantitative estimate of drug-likeness (QED) is 0.631. The Balaban J connectivity index is 1.66. The first kappa shape index (κ1) is 17.5. The van der Waals surface area contributed by atoms with Crippen molar-refractivity contribution in [3.63, 3.8) is 0 Å². The van der Waals surface area contributed by atoms with Crippen LogP contribution in [-0.2, 0) is 0 Å². The monoisotopic (exact) mass is 391 g/mol. The van der Waals surface area contributed by atoms with Crippen LogP contribution in [0.15, 0.2) is 54.6 Å². The lowest BCUT2D eigenvalue weighted by Gasteiger charge is -2.36. The van der Waals surface area contributed by atoms with Crippen LogP contribution < -0.4 is 0 Å². The lowest BCUT2D eigenvalue weighted by atomic mass is 9.91. The number of fused-ring (bicyclic) bond motifs is 1. The van der Waals surface area contributed by atoms with Crippen molar-refractivity contribution in [1.82, 2.24) is 15.1 Å². The van der Waals surface area contributed by atoms with E-state index in [4.69, 9.17) is 11.6 Å². The number of aromatic amines is 1. The second-order valence-electron chi connectivity index (χ2n) is 7.69. The molecule has 1 saturated carbocycles. The fraction of sp³-hybridized carbons (Fsp3) is 0.304. The molecule has 142 valence electrons. The van der Waals surface area contributed by atoms with Gasteiger partial charge in [-0.15, -0.1) is 0 Å². The summed E-state index contributed by atoms with van der Waals surface area (Å²) in [5, 5.41) is 8.28. The molecule has 1 aromatic heterocycles. The van der Waals surface area contributed by atoms with Crippen LogP contribution in [0.5, 0.6) is 0 Å². The molecule has 0 radical (unpaired) electrons. The lowest BCUT2D eigenvalue weighted by Crippen LogP contribution is -2.40. The summed E-state index contributed by atoms with van der Waals surface area (Å²) in [4.78, 5) is 15.5. The highest BCUT2D eigenvalue weighted by Crippen LogP contribution is 2.45. The standard InChI is InChI=1S/C23H22ClN3O/c24-17-13-11-16(12-14-17)22-19-20(15-7-3-1-4-8-15)25-26-21(19)23(28)27(22)18-9-5-2-6-10-18/h1,3-4,7-8,11-14,18,22H,2,5-6,9-10H2,(H,25,26). The summed E-state index contributed by atoms with van der Waals surface area (Å²) < 4.78 is 0. The van der Waals surface area contributed by atoms with Gasteiger partial charge in [0.25, 0.3) is 5.91 Å². The minimum Gasteiger partial charge on any atom is -0.323 e. The van der Waals surface area contributed by atoms with E-state index in [2.05, 4.69) is 15.1 Å². The van der Waals surface area contributed by atoms with Crippen LogP contribution in [0.1, 0.15) is 59.8 Å². The predicted molar refractivity (Wildman–Crippen MR) is 110 cm³/mol. The Hall–Kier alpha value is -2.59. The van der Waals surface area contributed by atoms with Crippen molar-refractivity contribution in [2.24, 2.45) is 0 Å². The van der Waals surface area contributed by atoms with Crippen LogP contribution in [0.4, 0.5) is 0 Å². The van der Waals surface area contributed by atoms with E-state index in [1.807, 2.05) is 54.6 Å². The van der Waals surface area contributed by atoms with E-state index in [1.165, 1.54) is 19.3 Å². The number of carbonyl (C=O) groups is 1. The van der Waals surface area contributed by atoms with E-state index in [0.29, 0.717) is 10.7 Å². The number of nitrogens with zero attached hydrogens (tertiary/aromatic N) is 2. The van der Waals surface area contributed by atoms with Crippen molar-refractivity contribution in [1.29, 1.82) is 0 Å². The summed E-state index contributed by atoms with van der Waals surface area (Å²) in [5.41, 5.74) is 4.59. The van der Waals surface area contributed by atoms with Crippen LogP contribution in [0.25, 0.3) is 11.3 Å². The minimum absolute atomic E-state index is 0.0662. The van der Waals surface area contributed by atoms with Crippen molar-refractivity contribution in [3.05, 3.63) is 76.4 Å². The molecule has 0 saturated heterocycles. The van der Waals surface area contributed by atoms with E-state index in [0.717, 1.165) is 35.2 Å². The van der Waals surface area contributed by atoms with Crippen molar-refractivity contribution in [3.8, 4) is 11.3 Å². The number of benzene rings is 2. The van der Waals surface area contributed by atoms with Crippen LogP contribution in [0.2, 0.25) is 5.02 Å². The van der Waals surface area contributed by atoms with Crippen LogP contribution in [0, 0.1) is 0 Å². The van der Waals surface area contributed by atoms with Gasteiger partial charge in [-0.1, -0.05) is 73.3 Å². The number of nitrogens with one attached hydrogen (secondary N) is 1. The summed E-state index contributed by atoms with van der Waals surface area (Å²) in [5.74, 6) is 0.0662. The van der Waals surface area contributed by atoms with E-state index in [-0.39, 0.29) is 18.0 Å². The number of halogens is 1. The van der Waals surface area contributed by atoms with Gasteiger partial charge in [-0.3, -0.25) is 9.89 Å². The van der Waals surface area contributed by atoms with E-state index in [9.17, 15) is 4.79 Å². The molecule has 4 nitrogen and oxygen atoms in total. The summed E-state index contributed by atoms with van der Waals surface area (Å²) in [6.45, 7) is 0. The molecule has 2 aromatic carbocycles. The number of hydrogen-bond acceptors (Lipinski definition) is 2. The molecule has 5 heteroatoms. The third-order valence-corrected chi connectivity index (χ3v) is 6.26. The Labute approximate surface area is 169 Å². The summed E-state index contributed by atoms with van der Waals surface area (Å²) in [6, 6.07) is 18.1. The van der Waals surface area contributed by atoms with E-state index >= 15 is 0 Å². The number of aromatic nitrogens is 2. The highest BCUT2D eigenvalue weighted by atomic mass is 35.5. The molecular formula is C23H22ClN3O. The van der Waals surface area contributed by atoms with Gasteiger partial charge in [-0.25, -0.2) is 0 Å². The molecule has 2 aliphatic rings. The van der Waals surface area contributed by atoms with Crippen LogP contribution in [-0.4, -0.2) is 27.0 Å². The molecule has 1 aliphatic carbocycles. The fourth-order valence-electron chi connectivity index (χ4n) is 4.69. The Morgan fingerprint density at radius 2 is 1.68 bits per heavy atom. The van der Waals surface area contributed by atoms with Gasteiger partial charge in [0, 0.05) is 22.2 Å². The largest absolute Gasteiger partial charge is 0.323 e. The van der Waals surface area contributed by atoms with Gasteiger partial charge in [-0.2, -0.15) is 5.10 Å². The molecule has 1 fully saturated rings. The van der Waals surface area contributed by atoms with Crippen molar-refractivity contribution < 1.29 is 4.79 Å². The molecule has 1 atom stereocenters.